The van der Waals surface area contributed by atoms with Crippen LogP contribution in [0.2, 0.25) is 5.15 Å². The lowest BCUT2D eigenvalue weighted by atomic mass is 10.2. The highest BCUT2D eigenvalue weighted by Gasteiger charge is 2.02. The molecule has 2 heterocycles. The van der Waals surface area contributed by atoms with Gasteiger partial charge < -0.3 is 0 Å². The van der Waals surface area contributed by atoms with Crippen molar-refractivity contribution in [1.29, 1.82) is 0 Å². The molecule has 0 unspecified atom stereocenters. The smallest absolute Gasteiger partial charge is 0.138 e. The maximum atomic E-state index is 5.87. The van der Waals surface area contributed by atoms with Crippen molar-refractivity contribution in [3.05, 3.63) is 33.4 Å². The molecule has 0 spiro atoms. The summed E-state index contributed by atoms with van der Waals surface area (Å²) in [5.41, 5.74) is 0. The van der Waals surface area contributed by atoms with Gasteiger partial charge in [-0.05, 0) is 28.7 Å². The molecule has 0 aliphatic rings. The standard InChI is InChI=1S/C8H4ClIN2/c9-8-6-3-11-2-1-5(6)7(10)4-12-8/h1-4H. The third-order valence-electron chi connectivity index (χ3n) is 1.59. The van der Waals surface area contributed by atoms with Gasteiger partial charge in [-0.3, -0.25) is 4.98 Å². The molecule has 2 aromatic heterocycles. The van der Waals surface area contributed by atoms with Gasteiger partial charge in [-0.2, -0.15) is 0 Å². The number of rotatable bonds is 0. The lowest BCUT2D eigenvalue weighted by Crippen LogP contribution is -1.83. The first-order valence-electron chi connectivity index (χ1n) is 3.33. The average molecular weight is 290 g/mol. The normalized spacial score (nSPS) is 10.5. The number of halogens is 2. The summed E-state index contributed by atoms with van der Waals surface area (Å²) in [5.74, 6) is 0. The van der Waals surface area contributed by atoms with E-state index in [0.717, 1.165) is 14.3 Å². The van der Waals surface area contributed by atoms with E-state index in [1.54, 1.807) is 18.6 Å². The molecule has 0 N–H and O–H groups in total. The van der Waals surface area contributed by atoms with Crippen LogP contribution >= 0.6 is 34.2 Å². The molecule has 0 fully saturated rings. The van der Waals surface area contributed by atoms with E-state index in [0.29, 0.717) is 5.15 Å². The van der Waals surface area contributed by atoms with Gasteiger partial charge in [-0.1, -0.05) is 11.6 Å². The van der Waals surface area contributed by atoms with E-state index < -0.39 is 0 Å². The van der Waals surface area contributed by atoms with Crippen molar-refractivity contribution >= 4 is 45.0 Å². The second-order valence-corrected chi connectivity index (χ2v) is 3.84. The topological polar surface area (TPSA) is 25.8 Å². The van der Waals surface area contributed by atoms with E-state index in [4.69, 9.17) is 11.6 Å². The van der Waals surface area contributed by atoms with Gasteiger partial charge in [0.25, 0.3) is 0 Å². The molecule has 0 amide bonds. The Labute approximate surface area is 88.1 Å². The van der Waals surface area contributed by atoms with E-state index in [9.17, 15) is 0 Å². The van der Waals surface area contributed by atoms with Crippen LogP contribution in [0.3, 0.4) is 0 Å². The fourth-order valence-corrected chi connectivity index (χ4v) is 1.83. The van der Waals surface area contributed by atoms with Crippen molar-refractivity contribution in [2.75, 3.05) is 0 Å². The summed E-state index contributed by atoms with van der Waals surface area (Å²) in [7, 11) is 0. The van der Waals surface area contributed by atoms with Gasteiger partial charge in [-0.15, -0.1) is 0 Å². The van der Waals surface area contributed by atoms with E-state index in [2.05, 4.69) is 32.6 Å². The molecule has 2 rings (SSSR count). The molecule has 0 saturated heterocycles. The second-order valence-electron chi connectivity index (χ2n) is 2.32. The molecule has 0 aliphatic carbocycles. The molecular formula is C8H4ClIN2. The van der Waals surface area contributed by atoms with Crippen LogP contribution in [0.5, 0.6) is 0 Å². The molecule has 2 nitrogen and oxygen atoms in total. The minimum atomic E-state index is 0.513. The van der Waals surface area contributed by atoms with Crippen molar-refractivity contribution in [1.82, 2.24) is 9.97 Å². The minimum Gasteiger partial charge on any atom is -0.264 e. The van der Waals surface area contributed by atoms with Gasteiger partial charge in [0.05, 0.1) is 0 Å². The van der Waals surface area contributed by atoms with Gasteiger partial charge in [0.15, 0.2) is 0 Å². The van der Waals surface area contributed by atoms with Crippen LogP contribution in [0.15, 0.2) is 24.7 Å². The van der Waals surface area contributed by atoms with Gasteiger partial charge in [-0.25, -0.2) is 4.98 Å². The van der Waals surface area contributed by atoms with Crippen LogP contribution in [0.1, 0.15) is 0 Å². The fraction of sp³-hybridized carbons (Fsp3) is 0. The highest BCUT2D eigenvalue weighted by atomic mass is 127. The highest BCUT2D eigenvalue weighted by molar-refractivity contribution is 14.1. The van der Waals surface area contributed by atoms with Gasteiger partial charge in [0.2, 0.25) is 0 Å². The van der Waals surface area contributed by atoms with Gasteiger partial charge in [0, 0.05) is 32.9 Å². The molecule has 60 valence electrons. The minimum absolute atomic E-state index is 0.513. The maximum Gasteiger partial charge on any atom is 0.138 e. The Morgan fingerprint density at radius 1 is 1.25 bits per heavy atom. The molecule has 2 aromatic rings. The van der Waals surface area contributed by atoms with Crippen molar-refractivity contribution in [3.63, 3.8) is 0 Å². The summed E-state index contributed by atoms with van der Waals surface area (Å²) in [6, 6.07) is 1.94. The van der Waals surface area contributed by atoms with Crippen LogP contribution < -0.4 is 0 Å². The van der Waals surface area contributed by atoms with E-state index in [1.165, 1.54) is 0 Å². The van der Waals surface area contributed by atoms with Crippen LogP contribution in [0.4, 0.5) is 0 Å². The Bertz CT molecular complexity index is 390. The predicted molar refractivity (Wildman–Crippen MR) is 57.3 cm³/mol. The third kappa shape index (κ3) is 1.27. The largest absolute Gasteiger partial charge is 0.264 e. The Morgan fingerprint density at radius 2 is 2.08 bits per heavy atom. The Hall–Kier alpha value is -0.420. The van der Waals surface area contributed by atoms with Crippen LogP contribution in [-0.2, 0) is 0 Å². The summed E-state index contributed by atoms with van der Waals surface area (Å²) in [6.45, 7) is 0. The van der Waals surface area contributed by atoms with Crippen molar-refractivity contribution < 1.29 is 0 Å². The zero-order valence-corrected chi connectivity index (χ0v) is 8.87. The molecule has 0 aromatic carbocycles. The second kappa shape index (κ2) is 3.14. The zero-order chi connectivity index (χ0) is 8.55. The molecule has 0 radical (unpaired) electrons. The monoisotopic (exact) mass is 290 g/mol. The summed E-state index contributed by atoms with van der Waals surface area (Å²) in [5, 5.41) is 2.52. The lowest BCUT2D eigenvalue weighted by molar-refractivity contribution is 1.31. The third-order valence-corrected chi connectivity index (χ3v) is 2.75. The van der Waals surface area contributed by atoms with Gasteiger partial charge in [0.1, 0.15) is 5.15 Å². The molecule has 0 saturated carbocycles. The Morgan fingerprint density at radius 3 is 2.83 bits per heavy atom. The SMILES string of the molecule is Clc1ncc(I)c2ccncc12. The summed E-state index contributed by atoms with van der Waals surface area (Å²) < 4.78 is 1.09. The fourth-order valence-electron chi connectivity index (χ4n) is 1.02. The van der Waals surface area contributed by atoms with Crippen molar-refractivity contribution in [2.45, 2.75) is 0 Å². The number of nitrogens with zero attached hydrogens (tertiary/aromatic N) is 2. The summed E-state index contributed by atoms with van der Waals surface area (Å²) in [6.07, 6.45) is 5.23. The number of hydrogen-bond donors (Lipinski definition) is 0. The number of hydrogen-bond acceptors (Lipinski definition) is 2. The molecule has 0 bridgehead atoms. The molecule has 0 atom stereocenters. The zero-order valence-electron chi connectivity index (χ0n) is 5.96. The molecule has 0 aliphatic heterocycles. The van der Waals surface area contributed by atoms with Crippen molar-refractivity contribution in [3.8, 4) is 0 Å². The number of aromatic nitrogens is 2. The number of pyridine rings is 2. The molecule has 12 heavy (non-hydrogen) atoms. The van der Waals surface area contributed by atoms with Crippen LogP contribution in [0.25, 0.3) is 10.8 Å². The highest BCUT2D eigenvalue weighted by Crippen LogP contribution is 2.23. The summed E-state index contributed by atoms with van der Waals surface area (Å²) in [4.78, 5) is 8.01. The van der Waals surface area contributed by atoms with Crippen molar-refractivity contribution in [2.24, 2.45) is 0 Å². The van der Waals surface area contributed by atoms with E-state index in [1.807, 2.05) is 6.07 Å². The lowest BCUT2D eigenvalue weighted by Gasteiger charge is -1.99. The molecular weight excluding hydrogens is 286 g/mol. The number of fused-ring (bicyclic) bond motifs is 1. The maximum absolute atomic E-state index is 5.87. The Kier molecular flexibility index (Phi) is 2.14. The first-order chi connectivity index (χ1) is 5.79. The molecule has 4 heteroatoms. The quantitative estimate of drug-likeness (QED) is 0.551. The Balaban J connectivity index is 2.95. The van der Waals surface area contributed by atoms with Crippen LogP contribution in [0, 0.1) is 3.57 Å². The van der Waals surface area contributed by atoms with E-state index in [-0.39, 0.29) is 0 Å². The first kappa shape index (κ1) is 8.19. The van der Waals surface area contributed by atoms with Gasteiger partial charge >= 0.3 is 0 Å². The van der Waals surface area contributed by atoms with E-state index >= 15 is 0 Å². The average Bonchev–Trinajstić information content (AvgIpc) is 2.12. The first-order valence-corrected chi connectivity index (χ1v) is 4.78. The van der Waals surface area contributed by atoms with Crippen LogP contribution in [-0.4, -0.2) is 9.97 Å². The summed E-state index contributed by atoms with van der Waals surface area (Å²) >= 11 is 8.10. The predicted octanol–water partition coefficient (Wildman–Crippen LogP) is 2.89.